The average molecular weight is 225 g/mol. The van der Waals surface area contributed by atoms with E-state index in [0.717, 1.165) is 6.54 Å². The fourth-order valence-electron chi connectivity index (χ4n) is 1.66. The van der Waals surface area contributed by atoms with Crippen LogP contribution >= 0.6 is 15.9 Å². The molecule has 63 valence electrons. The van der Waals surface area contributed by atoms with Gasteiger partial charge in [0, 0.05) is 23.2 Å². The van der Waals surface area contributed by atoms with E-state index in [1.807, 2.05) is 0 Å². The van der Waals surface area contributed by atoms with Crippen molar-refractivity contribution in [2.45, 2.75) is 13.3 Å². The van der Waals surface area contributed by atoms with Crippen LogP contribution in [0.2, 0.25) is 0 Å². The van der Waals surface area contributed by atoms with Gasteiger partial charge >= 0.3 is 0 Å². The molecule has 1 aromatic rings. The number of rotatable bonds is 1. The summed E-state index contributed by atoms with van der Waals surface area (Å²) < 4.78 is 1.18. The number of anilines is 1. The Morgan fingerprint density at radius 3 is 3.08 bits per heavy atom. The van der Waals surface area contributed by atoms with Crippen LogP contribution in [0.15, 0.2) is 22.7 Å². The molecule has 0 N–H and O–H groups in total. The van der Waals surface area contributed by atoms with Crippen LogP contribution in [0.3, 0.4) is 0 Å². The summed E-state index contributed by atoms with van der Waals surface area (Å²) in [5, 5.41) is 0. The Hall–Kier alpha value is -0.500. The number of halogens is 1. The zero-order valence-corrected chi connectivity index (χ0v) is 8.63. The molecule has 2 rings (SSSR count). The molecule has 1 radical (unpaired) electrons. The van der Waals surface area contributed by atoms with E-state index in [-0.39, 0.29) is 0 Å². The minimum atomic E-state index is 1.13. The SMILES string of the molecule is C[CH]N1CCc2cc(Br)ccc21. The molecule has 0 aliphatic carbocycles. The lowest BCUT2D eigenvalue weighted by Gasteiger charge is -2.15. The maximum Gasteiger partial charge on any atom is 0.0462 e. The third kappa shape index (κ3) is 1.24. The van der Waals surface area contributed by atoms with Crippen LogP contribution in [-0.4, -0.2) is 6.54 Å². The first-order chi connectivity index (χ1) is 5.81. The number of hydrogen-bond donors (Lipinski definition) is 0. The summed E-state index contributed by atoms with van der Waals surface area (Å²) >= 11 is 3.48. The zero-order valence-electron chi connectivity index (χ0n) is 7.05. The Morgan fingerprint density at radius 2 is 2.33 bits per heavy atom. The van der Waals surface area contributed by atoms with Gasteiger partial charge in [0.1, 0.15) is 0 Å². The molecule has 0 unspecified atom stereocenters. The van der Waals surface area contributed by atoms with E-state index in [1.165, 1.54) is 22.1 Å². The summed E-state index contributed by atoms with van der Waals surface area (Å²) in [5.41, 5.74) is 2.81. The molecule has 0 amide bonds. The summed E-state index contributed by atoms with van der Waals surface area (Å²) in [6, 6.07) is 6.48. The molecule has 1 heterocycles. The second kappa shape index (κ2) is 3.09. The van der Waals surface area contributed by atoms with E-state index in [1.54, 1.807) is 0 Å². The molecule has 0 atom stereocenters. The van der Waals surface area contributed by atoms with Gasteiger partial charge in [0.05, 0.1) is 0 Å². The van der Waals surface area contributed by atoms with Crippen molar-refractivity contribution >= 4 is 21.6 Å². The van der Waals surface area contributed by atoms with Crippen molar-refractivity contribution in [2.24, 2.45) is 0 Å². The van der Waals surface area contributed by atoms with E-state index in [9.17, 15) is 0 Å². The molecule has 0 saturated carbocycles. The van der Waals surface area contributed by atoms with Gasteiger partial charge in [0.15, 0.2) is 0 Å². The van der Waals surface area contributed by atoms with Crippen molar-refractivity contribution in [3.63, 3.8) is 0 Å². The highest BCUT2D eigenvalue weighted by Gasteiger charge is 2.16. The molecular formula is C10H11BrN. The minimum Gasteiger partial charge on any atom is -0.366 e. The number of nitrogens with zero attached hydrogens (tertiary/aromatic N) is 1. The first kappa shape index (κ1) is 8.11. The fourth-order valence-corrected chi connectivity index (χ4v) is 2.07. The number of hydrogen-bond acceptors (Lipinski definition) is 1. The van der Waals surface area contributed by atoms with Crippen LogP contribution in [0.4, 0.5) is 5.69 Å². The van der Waals surface area contributed by atoms with Crippen molar-refractivity contribution in [3.05, 3.63) is 34.8 Å². The normalized spacial score (nSPS) is 15.0. The van der Waals surface area contributed by atoms with Gasteiger partial charge in [-0.25, -0.2) is 0 Å². The number of fused-ring (bicyclic) bond motifs is 1. The standard InChI is InChI=1S/C10H11BrN/c1-2-12-6-5-8-7-9(11)3-4-10(8)12/h2-4,7H,5-6H2,1H3. The predicted octanol–water partition coefficient (Wildman–Crippen LogP) is 2.99. The molecule has 0 spiro atoms. The van der Waals surface area contributed by atoms with Gasteiger partial charge in [0.25, 0.3) is 0 Å². The van der Waals surface area contributed by atoms with Crippen molar-refractivity contribution in [1.82, 2.24) is 0 Å². The molecule has 1 aliphatic heterocycles. The Bertz CT molecular complexity index is 296. The topological polar surface area (TPSA) is 3.24 Å². The minimum absolute atomic E-state index is 1.13. The first-order valence-electron chi connectivity index (χ1n) is 4.16. The Labute approximate surface area is 81.5 Å². The van der Waals surface area contributed by atoms with Gasteiger partial charge < -0.3 is 4.90 Å². The van der Waals surface area contributed by atoms with E-state index in [2.05, 4.69) is 52.5 Å². The highest BCUT2D eigenvalue weighted by atomic mass is 79.9. The summed E-state index contributed by atoms with van der Waals surface area (Å²) in [5.74, 6) is 0. The molecular weight excluding hydrogens is 214 g/mol. The lowest BCUT2D eigenvalue weighted by atomic mass is 10.2. The van der Waals surface area contributed by atoms with Crippen LogP contribution in [0.1, 0.15) is 12.5 Å². The van der Waals surface area contributed by atoms with Crippen molar-refractivity contribution in [2.75, 3.05) is 11.4 Å². The zero-order chi connectivity index (χ0) is 8.55. The maximum absolute atomic E-state index is 3.48. The smallest absolute Gasteiger partial charge is 0.0462 e. The highest BCUT2D eigenvalue weighted by Crippen LogP contribution is 2.30. The summed E-state index contributed by atoms with van der Waals surface area (Å²) in [6.45, 7) is 5.35. The van der Waals surface area contributed by atoms with Gasteiger partial charge in [-0.2, -0.15) is 0 Å². The molecule has 0 bridgehead atoms. The van der Waals surface area contributed by atoms with Gasteiger partial charge in [0.2, 0.25) is 0 Å². The molecule has 0 aromatic heterocycles. The van der Waals surface area contributed by atoms with Crippen LogP contribution in [0.25, 0.3) is 0 Å². The van der Waals surface area contributed by atoms with E-state index < -0.39 is 0 Å². The van der Waals surface area contributed by atoms with E-state index in [4.69, 9.17) is 0 Å². The Kier molecular flexibility index (Phi) is 2.09. The molecule has 0 saturated heterocycles. The predicted molar refractivity (Wildman–Crippen MR) is 55.2 cm³/mol. The van der Waals surface area contributed by atoms with Crippen LogP contribution in [-0.2, 0) is 6.42 Å². The van der Waals surface area contributed by atoms with Crippen molar-refractivity contribution < 1.29 is 0 Å². The molecule has 12 heavy (non-hydrogen) atoms. The largest absolute Gasteiger partial charge is 0.366 e. The monoisotopic (exact) mass is 224 g/mol. The number of benzene rings is 1. The van der Waals surface area contributed by atoms with Gasteiger partial charge in [-0.15, -0.1) is 0 Å². The average Bonchev–Trinajstić information content (AvgIpc) is 2.46. The van der Waals surface area contributed by atoms with E-state index >= 15 is 0 Å². The second-order valence-corrected chi connectivity index (χ2v) is 3.89. The van der Waals surface area contributed by atoms with E-state index in [0.29, 0.717) is 0 Å². The summed E-state index contributed by atoms with van der Waals surface area (Å²) in [7, 11) is 0. The third-order valence-corrected chi connectivity index (χ3v) is 2.78. The van der Waals surface area contributed by atoms with Crippen molar-refractivity contribution in [1.29, 1.82) is 0 Å². The maximum atomic E-state index is 3.48. The van der Waals surface area contributed by atoms with Crippen LogP contribution in [0.5, 0.6) is 0 Å². The first-order valence-corrected chi connectivity index (χ1v) is 4.95. The summed E-state index contributed by atoms with van der Waals surface area (Å²) in [6.07, 6.45) is 1.17. The second-order valence-electron chi connectivity index (χ2n) is 2.97. The Morgan fingerprint density at radius 1 is 1.50 bits per heavy atom. The molecule has 1 nitrogen and oxygen atoms in total. The van der Waals surface area contributed by atoms with Gasteiger partial charge in [-0.05, 0) is 37.1 Å². The molecule has 2 heteroatoms. The van der Waals surface area contributed by atoms with Crippen molar-refractivity contribution in [3.8, 4) is 0 Å². The third-order valence-electron chi connectivity index (χ3n) is 2.28. The lowest BCUT2D eigenvalue weighted by molar-refractivity contribution is 0.940. The molecule has 1 aliphatic rings. The fraction of sp³-hybridized carbons (Fsp3) is 0.300. The van der Waals surface area contributed by atoms with Gasteiger partial charge in [-0.1, -0.05) is 15.9 Å². The quantitative estimate of drug-likeness (QED) is 0.710. The molecule has 0 fully saturated rings. The highest BCUT2D eigenvalue weighted by molar-refractivity contribution is 9.10. The van der Waals surface area contributed by atoms with Crippen LogP contribution in [0, 0.1) is 6.54 Å². The van der Waals surface area contributed by atoms with Gasteiger partial charge in [-0.3, -0.25) is 0 Å². The summed E-state index contributed by atoms with van der Waals surface area (Å²) in [4.78, 5) is 2.29. The molecule has 1 aromatic carbocycles. The lowest BCUT2D eigenvalue weighted by Crippen LogP contribution is -2.14. The Balaban J connectivity index is 2.40. The van der Waals surface area contributed by atoms with Crippen LogP contribution < -0.4 is 4.90 Å².